The van der Waals surface area contributed by atoms with Crippen LogP contribution in [0.3, 0.4) is 0 Å². The van der Waals surface area contributed by atoms with E-state index >= 15 is 0 Å². The number of anilines is 1. The minimum absolute atomic E-state index is 0.158. The lowest BCUT2D eigenvalue weighted by Gasteiger charge is -2.18. The molecule has 0 aliphatic carbocycles. The predicted octanol–water partition coefficient (Wildman–Crippen LogP) is 1.77. The van der Waals surface area contributed by atoms with Crippen LogP contribution >= 0.6 is 0 Å². The largest absolute Gasteiger partial charge is 0.485 e. The van der Waals surface area contributed by atoms with Gasteiger partial charge in [-0.3, -0.25) is 9.20 Å². The number of pyridine rings is 1. The number of hydrogen-bond donors (Lipinski definition) is 2. The van der Waals surface area contributed by atoms with Gasteiger partial charge in [-0.15, -0.1) is 0 Å². The van der Waals surface area contributed by atoms with Gasteiger partial charge in [0.15, 0.2) is 11.4 Å². The number of nitrogens with one attached hydrogen (secondary N) is 1. The Morgan fingerprint density at radius 3 is 2.86 bits per heavy atom. The lowest BCUT2D eigenvalue weighted by atomic mass is 10.1. The van der Waals surface area contributed by atoms with Crippen molar-refractivity contribution in [1.82, 2.24) is 14.7 Å². The maximum atomic E-state index is 12.6. The average Bonchev–Trinajstić information content (AvgIpc) is 3.21. The summed E-state index contributed by atoms with van der Waals surface area (Å²) in [6.07, 6.45) is 2.58. The Morgan fingerprint density at radius 2 is 2.07 bits per heavy atom. The fourth-order valence-electron chi connectivity index (χ4n) is 3.55. The molecule has 1 aromatic carbocycles. The van der Waals surface area contributed by atoms with Crippen LogP contribution in [-0.4, -0.2) is 35.1 Å². The van der Waals surface area contributed by atoms with Crippen LogP contribution in [0.1, 0.15) is 12.0 Å². The maximum Gasteiger partial charge on any atom is 0.312 e. The number of nitrogens with two attached hydrogens (primary N) is 1. The van der Waals surface area contributed by atoms with Gasteiger partial charge in [0, 0.05) is 31.9 Å². The first kappa shape index (κ1) is 18.8. The van der Waals surface area contributed by atoms with Gasteiger partial charge in [0.05, 0.1) is 0 Å². The Labute approximate surface area is 167 Å². The van der Waals surface area contributed by atoms with E-state index in [1.165, 1.54) is 10.5 Å². The second-order valence-corrected chi connectivity index (χ2v) is 7.14. The van der Waals surface area contributed by atoms with Crippen LogP contribution in [0.5, 0.6) is 5.75 Å². The molecule has 1 aliphatic rings. The van der Waals surface area contributed by atoms with Gasteiger partial charge in [-0.05, 0) is 30.0 Å². The summed E-state index contributed by atoms with van der Waals surface area (Å²) in [7, 11) is 0. The number of fused-ring (bicyclic) bond motifs is 1. The minimum atomic E-state index is -0.522. The van der Waals surface area contributed by atoms with Crippen LogP contribution in [0, 0.1) is 5.92 Å². The Hall–Kier alpha value is -3.55. The van der Waals surface area contributed by atoms with Crippen LogP contribution in [-0.2, 0) is 6.61 Å². The topological polar surface area (TPSA) is 102 Å². The molecule has 29 heavy (non-hydrogen) atoms. The van der Waals surface area contributed by atoms with Gasteiger partial charge < -0.3 is 20.7 Å². The van der Waals surface area contributed by atoms with Crippen LogP contribution < -0.4 is 26.2 Å². The summed E-state index contributed by atoms with van der Waals surface area (Å²) in [4.78, 5) is 30.3. The van der Waals surface area contributed by atoms with Crippen LogP contribution in [0.4, 0.5) is 10.6 Å². The molecule has 3 heterocycles. The normalized spacial score (nSPS) is 16.1. The third-order valence-electron chi connectivity index (χ3n) is 5.05. The number of hydrogen-bond acceptors (Lipinski definition) is 5. The monoisotopic (exact) mass is 393 g/mol. The number of benzene rings is 1. The first-order valence-electron chi connectivity index (χ1n) is 9.57. The lowest BCUT2D eigenvalue weighted by Crippen LogP contribution is -2.34. The van der Waals surface area contributed by atoms with Gasteiger partial charge in [-0.2, -0.15) is 0 Å². The smallest absolute Gasteiger partial charge is 0.312 e. The third-order valence-corrected chi connectivity index (χ3v) is 5.05. The van der Waals surface area contributed by atoms with E-state index in [4.69, 9.17) is 15.5 Å². The maximum absolute atomic E-state index is 12.6. The van der Waals surface area contributed by atoms with E-state index in [9.17, 15) is 9.59 Å². The molecule has 1 unspecified atom stereocenters. The van der Waals surface area contributed by atoms with E-state index in [0.717, 1.165) is 18.5 Å². The number of aromatic nitrogens is 2. The van der Waals surface area contributed by atoms with Gasteiger partial charge in [-0.1, -0.05) is 30.3 Å². The molecule has 2 amide bonds. The molecule has 0 radical (unpaired) electrons. The van der Waals surface area contributed by atoms with Crippen LogP contribution in [0.15, 0.2) is 59.5 Å². The highest BCUT2D eigenvalue weighted by Crippen LogP contribution is 2.24. The summed E-state index contributed by atoms with van der Waals surface area (Å²) in [6, 6.07) is 14.5. The molecule has 1 saturated heterocycles. The molecule has 3 aromatic rings. The summed E-state index contributed by atoms with van der Waals surface area (Å²) in [5.41, 5.74) is 6.52. The van der Waals surface area contributed by atoms with Crippen molar-refractivity contribution < 1.29 is 9.53 Å². The van der Waals surface area contributed by atoms with E-state index in [1.807, 2.05) is 36.4 Å². The Kier molecular flexibility index (Phi) is 5.33. The Bertz CT molecular complexity index is 1070. The number of amides is 2. The second-order valence-electron chi connectivity index (χ2n) is 7.14. The van der Waals surface area contributed by atoms with Crippen molar-refractivity contribution in [3.05, 3.63) is 70.6 Å². The molecular weight excluding hydrogens is 370 g/mol. The van der Waals surface area contributed by atoms with Gasteiger partial charge in [0.2, 0.25) is 0 Å². The summed E-state index contributed by atoms with van der Waals surface area (Å²) in [6.45, 7) is 2.38. The molecule has 8 nitrogen and oxygen atoms in total. The number of nitrogens with zero attached hydrogens (tertiary/aromatic N) is 3. The number of primary amides is 1. The van der Waals surface area contributed by atoms with Crippen molar-refractivity contribution in [2.45, 2.75) is 13.0 Å². The van der Waals surface area contributed by atoms with Crippen LogP contribution in [0.2, 0.25) is 0 Å². The zero-order valence-electron chi connectivity index (χ0n) is 16.0. The molecule has 2 aromatic heterocycles. The van der Waals surface area contributed by atoms with E-state index in [-0.39, 0.29) is 11.5 Å². The zero-order valence-corrected chi connectivity index (χ0v) is 16.0. The summed E-state index contributed by atoms with van der Waals surface area (Å²) in [5, 5.41) is 2.65. The van der Waals surface area contributed by atoms with E-state index in [1.54, 1.807) is 12.3 Å². The fraction of sp³-hybridized carbons (Fsp3) is 0.286. The molecule has 1 aliphatic heterocycles. The first-order valence-corrected chi connectivity index (χ1v) is 9.57. The number of carbonyl (C=O) groups is 1. The molecule has 1 atom stereocenters. The summed E-state index contributed by atoms with van der Waals surface area (Å²) >= 11 is 0. The molecule has 3 N–H and O–H groups in total. The summed E-state index contributed by atoms with van der Waals surface area (Å²) < 4.78 is 7.45. The van der Waals surface area contributed by atoms with Crippen molar-refractivity contribution in [2.24, 2.45) is 11.7 Å². The fourth-order valence-corrected chi connectivity index (χ4v) is 3.55. The molecule has 8 heteroatoms. The quantitative estimate of drug-likeness (QED) is 0.665. The zero-order chi connectivity index (χ0) is 20.2. The highest BCUT2D eigenvalue weighted by molar-refractivity contribution is 5.71. The molecule has 4 rings (SSSR count). The molecule has 0 bridgehead atoms. The van der Waals surface area contributed by atoms with E-state index < -0.39 is 6.03 Å². The van der Waals surface area contributed by atoms with Gasteiger partial charge in [-0.25, -0.2) is 9.78 Å². The van der Waals surface area contributed by atoms with Gasteiger partial charge in [0.25, 0.3) is 5.56 Å². The third kappa shape index (κ3) is 4.31. The summed E-state index contributed by atoms with van der Waals surface area (Å²) in [5.74, 6) is 1.45. The van der Waals surface area contributed by atoms with Gasteiger partial charge in [0.1, 0.15) is 12.4 Å². The van der Waals surface area contributed by atoms with E-state index in [2.05, 4.69) is 10.2 Å². The highest BCUT2D eigenvalue weighted by Gasteiger charge is 2.24. The number of ether oxygens (including phenoxy) is 1. The molecule has 150 valence electrons. The van der Waals surface area contributed by atoms with Crippen molar-refractivity contribution in [3.8, 4) is 5.75 Å². The molecule has 1 fully saturated rings. The number of rotatable bonds is 6. The first-order chi connectivity index (χ1) is 14.1. The Balaban J connectivity index is 1.57. The van der Waals surface area contributed by atoms with Crippen molar-refractivity contribution in [1.29, 1.82) is 0 Å². The highest BCUT2D eigenvalue weighted by atomic mass is 16.5. The molecule has 0 saturated carbocycles. The number of carbonyl (C=O) groups excluding carboxylic acids is 1. The molecule has 0 spiro atoms. The number of urea groups is 1. The molecular formula is C21H23N5O3. The van der Waals surface area contributed by atoms with Crippen molar-refractivity contribution in [3.63, 3.8) is 0 Å². The van der Waals surface area contributed by atoms with Gasteiger partial charge >= 0.3 is 6.03 Å². The van der Waals surface area contributed by atoms with Crippen molar-refractivity contribution >= 4 is 17.5 Å². The average molecular weight is 393 g/mol. The van der Waals surface area contributed by atoms with Crippen LogP contribution in [0.25, 0.3) is 5.65 Å². The van der Waals surface area contributed by atoms with E-state index in [0.29, 0.717) is 36.9 Å². The predicted molar refractivity (Wildman–Crippen MR) is 110 cm³/mol. The SMILES string of the molecule is NC(=O)NCC1CCN(c2cc(=O)n3cccc(OCc4ccccc4)c3n2)C1. The Morgan fingerprint density at radius 1 is 1.24 bits per heavy atom. The standard InChI is InChI=1S/C21H23N5O3/c22-21(28)23-12-16-8-10-25(13-16)18-11-19(27)26-9-4-7-17(20(26)24-18)29-14-15-5-2-1-3-6-15/h1-7,9,11,16H,8,10,12-14H2,(H3,22,23,28). The van der Waals surface area contributed by atoms with Crippen molar-refractivity contribution in [2.75, 3.05) is 24.5 Å². The minimum Gasteiger partial charge on any atom is -0.485 e. The lowest BCUT2D eigenvalue weighted by molar-refractivity contribution is 0.247. The second kappa shape index (κ2) is 8.22.